The van der Waals surface area contributed by atoms with Crippen molar-refractivity contribution in [2.75, 3.05) is 0 Å². The van der Waals surface area contributed by atoms with E-state index in [1.54, 1.807) is 23.5 Å². The molecule has 5 heteroatoms. The number of benzene rings is 2. The molecule has 1 N–H and O–H groups in total. The average Bonchev–Trinajstić information content (AvgIpc) is 2.82. The van der Waals surface area contributed by atoms with Gasteiger partial charge in [-0.15, -0.1) is 5.10 Å². The van der Waals surface area contributed by atoms with E-state index in [-0.39, 0.29) is 5.75 Å². The van der Waals surface area contributed by atoms with Crippen molar-refractivity contribution in [3.63, 3.8) is 0 Å². The van der Waals surface area contributed by atoms with Crippen molar-refractivity contribution in [1.82, 2.24) is 4.57 Å². The summed E-state index contributed by atoms with van der Waals surface area (Å²) < 4.78 is 3.23. The Morgan fingerprint density at radius 2 is 1.81 bits per heavy atom. The number of hydrogen-bond donors (Lipinski definition) is 1. The quantitative estimate of drug-likeness (QED) is 0.573. The lowest BCUT2D eigenvalue weighted by Gasteiger charge is -1.98. The normalized spacial score (nSPS) is 13.0. The van der Waals surface area contributed by atoms with Crippen LogP contribution in [0.5, 0.6) is 5.75 Å². The number of phenols is 1. The third-order valence-corrected chi connectivity index (χ3v) is 4.39. The molecule has 2 aromatic carbocycles. The number of aromatic hydroxyl groups is 1. The Labute approximate surface area is 126 Å². The molecular formula is C16H15N3OS. The molecule has 0 atom stereocenters. The van der Waals surface area contributed by atoms with Crippen LogP contribution in [0.15, 0.2) is 58.7 Å². The summed E-state index contributed by atoms with van der Waals surface area (Å²) >= 11 is 1.61. The van der Waals surface area contributed by atoms with E-state index in [9.17, 15) is 5.11 Å². The van der Waals surface area contributed by atoms with E-state index >= 15 is 0 Å². The Kier molecular flexibility index (Phi) is 3.58. The first kappa shape index (κ1) is 13.6. The van der Waals surface area contributed by atoms with E-state index in [4.69, 9.17) is 0 Å². The standard InChI is InChI=1S/C16H15N3OS/c1-11(12-7-9-13(20)10-8-12)17-18-16-19(2)14-5-3-4-6-15(14)21-16/h3-10,20H,1-2H3/b17-11+,18-16?. The number of aromatic nitrogens is 1. The summed E-state index contributed by atoms with van der Waals surface area (Å²) in [6.45, 7) is 1.91. The van der Waals surface area contributed by atoms with Gasteiger partial charge >= 0.3 is 0 Å². The number of para-hydroxylation sites is 1. The minimum atomic E-state index is 0.249. The molecule has 0 aliphatic heterocycles. The lowest BCUT2D eigenvalue weighted by molar-refractivity contribution is 0.475. The zero-order valence-corrected chi connectivity index (χ0v) is 12.6. The van der Waals surface area contributed by atoms with Crippen LogP contribution < -0.4 is 4.80 Å². The second kappa shape index (κ2) is 5.54. The zero-order chi connectivity index (χ0) is 14.8. The summed E-state index contributed by atoms with van der Waals surface area (Å²) in [4.78, 5) is 0.856. The Morgan fingerprint density at radius 1 is 1.10 bits per heavy atom. The topological polar surface area (TPSA) is 49.9 Å². The van der Waals surface area contributed by atoms with Crippen molar-refractivity contribution in [1.29, 1.82) is 0 Å². The number of aryl methyl sites for hydroxylation is 1. The van der Waals surface area contributed by atoms with Crippen molar-refractivity contribution in [2.45, 2.75) is 6.92 Å². The molecule has 106 valence electrons. The van der Waals surface area contributed by atoms with Gasteiger partial charge in [-0.3, -0.25) is 0 Å². The average molecular weight is 297 g/mol. The molecule has 0 aliphatic rings. The highest BCUT2D eigenvalue weighted by Gasteiger charge is 2.01. The van der Waals surface area contributed by atoms with Crippen molar-refractivity contribution in [2.24, 2.45) is 17.3 Å². The first-order chi connectivity index (χ1) is 10.1. The predicted octanol–water partition coefficient (Wildman–Crippen LogP) is 3.27. The van der Waals surface area contributed by atoms with Crippen molar-refractivity contribution in [3.8, 4) is 5.75 Å². The van der Waals surface area contributed by atoms with Gasteiger partial charge in [-0.25, -0.2) is 0 Å². The third-order valence-electron chi connectivity index (χ3n) is 3.29. The van der Waals surface area contributed by atoms with Crippen LogP contribution in [0.2, 0.25) is 0 Å². The van der Waals surface area contributed by atoms with E-state index in [2.05, 4.69) is 22.3 Å². The van der Waals surface area contributed by atoms with Gasteiger partial charge in [-0.05, 0) is 48.9 Å². The van der Waals surface area contributed by atoms with Gasteiger partial charge in [0.15, 0.2) is 0 Å². The Bertz CT molecular complexity index is 872. The van der Waals surface area contributed by atoms with Crippen molar-refractivity contribution in [3.05, 3.63) is 58.9 Å². The van der Waals surface area contributed by atoms with Crippen LogP contribution in [0.4, 0.5) is 0 Å². The summed E-state index contributed by atoms with van der Waals surface area (Å²) in [5, 5.41) is 17.9. The Hall–Kier alpha value is -2.40. The fraction of sp³-hybridized carbons (Fsp3) is 0.125. The lowest BCUT2D eigenvalue weighted by atomic mass is 10.1. The number of fused-ring (bicyclic) bond motifs is 1. The molecule has 0 saturated carbocycles. The number of thiazole rings is 1. The number of nitrogens with zero attached hydrogens (tertiary/aromatic N) is 3. The molecular weight excluding hydrogens is 282 g/mol. The van der Waals surface area contributed by atoms with Gasteiger partial charge in [0.2, 0.25) is 4.80 Å². The first-order valence-electron chi connectivity index (χ1n) is 6.57. The van der Waals surface area contributed by atoms with Crippen molar-refractivity contribution < 1.29 is 5.11 Å². The highest BCUT2D eigenvalue weighted by Crippen LogP contribution is 2.15. The molecule has 0 aliphatic carbocycles. The first-order valence-corrected chi connectivity index (χ1v) is 7.39. The van der Waals surface area contributed by atoms with Crippen LogP contribution in [-0.4, -0.2) is 15.4 Å². The predicted molar refractivity (Wildman–Crippen MR) is 86.7 cm³/mol. The molecule has 0 bridgehead atoms. The molecule has 1 aromatic heterocycles. The summed E-state index contributed by atoms with van der Waals surface area (Å²) in [5.41, 5.74) is 2.91. The fourth-order valence-corrected chi connectivity index (χ4v) is 3.03. The van der Waals surface area contributed by atoms with Crippen LogP contribution in [0.1, 0.15) is 12.5 Å². The fourth-order valence-electron chi connectivity index (χ4n) is 2.06. The molecule has 0 unspecified atom stereocenters. The molecule has 1 heterocycles. The maximum Gasteiger partial charge on any atom is 0.211 e. The highest BCUT2D eigenvalue weighted by molar-refractivity contribution is 7.16. The van der Waals surface area contributed by atoms with Gasteiger partial charge in [0.25, 0.3) is 0 Å². The highest BCUT2D eigenvalue weighted by atomic mass is 32.1. The third kappa shape index (κ3) is 2.73. The lowest BCUT2D eigenvalue weighted by Crippen LogP contribution is -2.09. The summed E-state index contributed by atoms with van der Waals surface area (Å²) in [6, 6.07) is 15.1. The van der Waals surface area contributed by atoms with Gasteiger partial charge in [0.05, 0.1) is 15.9 Å². The molecule has 0 saturated heterocycles. The van der Waals surface area contributed by atoms with E-state index in [0.29, 0.717) is 0 Å². The van der Waals surface area contributed by atoms with E-state index in [1.807, 2.05) is 42.8 Å². The largest absolute Gasteiger partial charge is 0.508 e. The minimum Gasteiger partial charge on any atom is -0.508 e. The zero-order valence-electron chi connectivity index (χ0n) is 11.8. The SMILES string of the molecule is C/C(=N\N=c1sc2ccccc2n1C)c1ccc(O)cc1. The second-order valence-corrected chi connectivity index (χ2v) is 5.75. The summed E-state index contributed by atoms with van der Waals surface area (Å²) in [5.74, 6) is 0.249. The van der Waals surface area contributed by atoms with E-state index in [1.165, 1.54) is 4.70 Å². The smallest absolute Gasteiger partial charge is 0.211 e. The second-order valence-electron chi connectivity index (χ2n) is 4.74. The molecule has 0 fully saturated rings. The minimum absolute atomic E-state index is 0.249. The Balaban J connectivity index is 2.02. The summed E-state index contributed by atoms with van der Waals surface area (Å²) in [6.07, 6.45) is 0. The van der Waals surface area contributed by atoms with Crippen LogP contribution in [-0.2, 0) is 7.05 Å². The van der Waals surface area contributed by atoms with Crippen molar-refractivity contribution >= 4 is 27.3 Å². The van der Waals surface area contributed by atoms with Gasteiger partial charge in [0.1, 0.15) is 5.75 Å². The maximum atomic E-state index is 9.30. The molecule has 21 heavy (non-hydrogen) atoms. The molecule has 4 nitrogen and oxygen atoms in total. The molecule has 0 radical (unpaired) electrons. The number of rotatable bonds is 2. The monoisotopic (exact) mass is 297 g/mol. The van der Waals surface area contributed by atoms with Gasteiger partial charge < -0.3 is 9.67 Å². The number of hydrogen-bond acceptors (Lipinski definition) is 4. The van der Waals surface area contributed by atoms with Crippen LogP contribution >= 0.6 is 11.3 Å². The van der Waals surface area contributed by atoms with Crippen LogP contribution in [0.25, 0.3) is 10.2 Å². The van der Waals surface area contributed by atoms with E-state index in [0.717, 1.165) is 21.6 Å². The van der Waals surface area contributed by atoms with Gasteiger partial charge in [0, 0.05) is 7.05 Å². The molecule has 3 aromatic rings. The summed E-state index contributed by atoms with van der Waals surface area (Å²) in [7, 11) is 1.99. The Morgan fingerprint density at radius 3 is 2.52 bits per heavy atom. The van der Waals surface area contributed by atoms with Crippen LogP contribution in [0.3, 0.4) is 0 Å². The van der Waals surface area contributed by atoms with Gasteiger partial charge in [-0.1, -0.05) is 23.5 Å². The van der Waals surface area contributed by atoms with Crippen LogP contribution in [0, 0.1) is 0 Å². The van der Waals surface area contributed by atoms with E-state index < -0.39 is 0 Å². The molecule has 0 spiro atoms. The molecule has 3 rings (SSSR count). The maximum absolute atomic E-state index is 9.30. The number of phenolic OH excluding ortho intramolecular Hbond substituents is 1. The molecule has 0 amide bonds. The van der Waals surface area contributed by atoms with Gasteiger partial charge in [-0.2, -0.15) is 5.10 Å².